The van der Waals surface area contributed by atoms with E-state index in [0.717, 1.165) is 18.5 Å². The molecule has 2 amide bonds. The van der Waals surface area contributed by atoms with Crippen LogP contribution in [0.5, 0.6) is 0 Å². The minimum absolute atomic E-state index is 0.0565. The number of anilines is 4. The number of aryl methyl sites for hydroxylation is 1. The molecule has 3 aromatic rings. The van der Waals surface area contributed by atoms with Crippen molar-refractivity contribution in [3.8, 4) is 11.3 Å². The van der Waals surface area contributed by atoms with Gasteiger partial charge in [-0.2, -0.15) is 0 Å². The predicted octanol–water partition coefficient (Wildman–Crippen LogP) is 3.85. The third kappa shape index (κ3) is 4.00. The summed E-state index contributed by atoms with van der Waals surface area (Å²) < 4.78 is 39.9. The quantitative estimate of drug-likeness (QED) is 0.549. The Hall–Kier alpha value is -3.94. The Morgan fingerprint density at radius 2 is 2.06 bits per heavy atom. The van der Waals surface area contributed by atoms with E-state index in [9.17, 15) is 9.59 Å². The van der Waals surface area contributed by atoms with Crippen molar-refractivity contribution in [3.63, 3.8) is 0 Å². The molecule has 1 saturated carbocycles. The minimum Gasteiger partial charge on any atom is -0.368 e. The van der Waals surface area contributed by atoms with Gasteiger partial charge in [0.25, 0.3) is 5.91 Å². The van der Waals surface area contributed by atoms with E-state index in [0.29, 0.717) is 28.2 Å². The molecular weight excluding hydrogens is 416 g/mol. The van der Waals surface area contributed by atoms with Crippen LogP contribution in [0, 0.1) is 12.8 Å². The summed E-state index contributed by atoms with van der Waals surface area (Å²) in [5, 5.41) is 7.87. The predicted molar refractivity (Wildman–Crippen MR) is 129 cm³/mol. The van der Waals surface area contributed by atoms with Crippen LogP contribution >= 0.6 is 0 Å². The number of carbonyl (C=O) groups is 2. The van der Waals surface area contributed by atoms with Crippen LogP contribution in [0.15, 0.2) is 42.6 Å². The zero-order chi connectivity index (χ0) is 27.4. The molecule has 1 aromatic carbocycles. The number of carbonyl (C=O) groups excluding carboxylic acids is 2. The number of hydrogen-bond donors (Lipinski definition) is 3. The molecule has 1 fully saturated rings. The first kappa shape index (κ1) is 15.8. The van der Waals surface area contributed by atoms with Gasteiger partial charge in [0.05, 0.1) is 31.1 Å². The van der Waals surface area contributed by atoms with Gasteiger partial charge in [-0.15, -0.1) is 0 Å². The Labute approximate surface area is 199 Å². The van der Waals surface area contributed by atoms with Gasteiger partial charge in [0.1, 0.15) is 5.82 Å². The van der Waals surface area contributed by atoms with Gasteiger partial charge in [0, 0.05) is 54.1 Å². The lowest BCUT2D eigenvalue weighted by molar-refractivity contribution is -0.117. The Balaban J connectivity index is 1.60. The average molecular weight is 448 g/mol. The number of aromatic nitrogens is 2. The Bertz CT molecular complexity index is 1450. The van der Waals surface area contributed by atoms with Crippen molar-refractivity contribution >= 4 is 34.7 Å². The first-order chi connectivity index (χ1) is 17.8. The number of para-hydroxylation sites is 1. The lowest BCUT2D eigenvalue weighted by Crippen LogP contribution is -2.24. The maximum absolute atomic E-state index is 12.9. The van der Waals surface area contributed by atoms with Crippen LogP contribution < -0.4 is 20.9 Å². The molecule has 2 aliphatic rings. The highest BCUT2D eigenvalue weighted by atomic mass is 16.2. The second-order valence-electron chi connectivity index (χ2n) is 8.18. The van der Waals surface area contributed by atoms with Crippen molar-refractivity contribution in [3.05, 3.63) is 59.4 Å². The molecule has 3 heterocycles. The van der Waals surface area contributed by atoms with Gasteiger partial charge in [-0.05, 0) is 37.5 Å². The molecule has 0 atom stereocenters. The molecule has 1 aliphatic heterocycles. The first-order valence-electron chi connectivity index (χ1n) is 13.1. The fourth-order valence-corrected chi connectivity index (χ4v) is 3.88. The fourth-order valence-electron chi connectivity index (χ4n) is 3.88. The van der Waals surface area contributed by atoms with Crippen LogP contribution in [0.4, 0.5) is 22.9 Å². The number of fused-ring (bicyclic) bond motifs is 3. The van der Waals surface area contributed by atoms with E-state index in [1.54, 1.807) is 31.3 Å². The second-order valence-corrected chi connectivity index (χ2v) is 8.18. The summed E-state index contributed by atoms with van der Waals surface area (Å²) in [5.74, 6) is -0.923. The SMILES string of the molecule is [2H]C([2H])([2H])NC(=O)c1cnc(NC(=O)C2CC2)cc1Nc1cccc2c1N(C)C([2H])([2H])c1ccc(C)nc1-2. The smallest absolute Gasteiger partial charge is 0.254 e. The molecular formula is C25H26N6O2. The standard InChI is InChI=1S/C25H26N6O2/c1-14-7-8-16-13-31(3)23-17(22(16)28-14)5-4-6-19(23)29-20-11-21(30-24(32)15-9-10-15)27-12-18(20)25(33)26-2/h4-8,11-12,15H,9-10,13H2,1-3H3,(H,26,33)(H2,27,29,30,32)/i2D3,13D2. The van der Waals surface area contributed by atoms with Gasteiger partial charge >= 0.3 is 0 Å². The molecule has 168 valence electrons. The molecule has 0 radical (unpaired) electrons. The van der Waals surface area contributed by atoms with Gasteiger partial charge in [0.2, 0.25) is 5.91 Å². The molecule has 0 spiro atoms. The zero-order valence-electron chi connectivity index (χ0n) is 23.2. The third-order valence-corrected chi connectivity index (χ3v) is 5.68. The third-order valence-electron chi connectivity index (χ3n) is 5.68. The fraction of sp³-hybridized carbons (Fsp3) is 0.280. The van der Waals surface area contributed by atoms with Crippen molar-refractivity contribution < 1.29 is 16.4 Å². The highest BCUT2D eigenvalue weighted by molar-refractivity contribution is 6.02. The lowest BCUT2D eigenvalue weighted by Gasteiger charge is -2.31. The van der Waals surface area contributed by atoms with Gasteiger partial charge < -0.3 is 20.9 Å². The molecule has 0 saturated heterocycles. The topological polar surface area (TPSA) is 99.2 Å². The summed E-state index contributed by atoms with van der Waals surface area (Å²) in [5.41, 5.74) is 3.47. The molecule has 0 bridgehead atoms. The van der Waals surface area contributed by atoms with E-state index in [2.05, 4.69) is 20.6 Å². The normalized spacial score (nSPS) is 18.4. The van der Waals surface area contributed by atoms with E-state index in [-0.39, 0.29) is 28.9 Å². The van der Waals surface area contributed by atoms with Crippen LogP contribution in [0.3, 0.4) is 0 Å². The number of nitrogens with zero attached hydrogens (tertiary/aromatic N) is 3. The Kier molecular flexibility index (Phi) is 3.92. The highest BCUT2D eigenvalue weighted by Crippen LogP contribution is 2.43. The van der Waals surface area contributed by atoms with Gasteiger partial charge in [-0.25, -0.2) is 4.98 Å². The van der Waals surface area contributed by atoms with E-state index >= 15 is 0 Å². The molecule has 3 N–H and O–H groups in total. The van der Waals surface area contributed by atoms with Crippen LogP contribution in [0.25, 0.3) is 11.3 Å². The summed E-state index contributed by atoms with van der Waals surface area (Å²) in [4.78, 5) is 35.4. The highest BCUT2D eigenvalue weighted by Gasteiger charge is 2.30. The average Bonchev–Trinajstić information content (AvgIpc) is 3.67. The molecule has 2 aromatic heterocycles. The van der Waals surface area contributed by atoms with Crippen molar-refractivity contribution in [2.75, 3.05) is 29.6 Å². The van der Waals surface area contributed by atoms with Crippen LogP contribution in [0.2, 0.25) is 0 Å². The Morgan fingerprint density at radius 1 is 1.21 bits per heavy atom. The molecule has 1 aliphatic carbocycles. The summed E-state index contributed by atoms with van der Waals surface area (Å²) in [6, 6.07) is 10.3. The van der Waals surface area contributed by atoms with Gasteiger partial charge in [0.15, 0.2) is 0 Å². The number of hydrogen-bond acceptors (Lipinski definition) is 6. The molecule has 0 unspecified atom stereocenters. The molecule has 8 heteroatoms. The Morgan fingerprint density at radius 3 is 2.85 bits per heavy atom. The number of pyridine rings is 2. The van der Waals surface area contributed by atoms with Crippen molar-refractivity contribution in [2.24, 2.45) is 5.92 Å². The van der Waals surface area contributed by atoms with Gasteiger partial charge in [-0.3, -0.25) is 14.6 Å². The summed E-state index contributed by atoms with van der Waals surface area (Å²) in [6.07, 6.45) is 2.80. The summed E-state index contributed by atoms with van der Waals surface area (Å²) >= 11 is 0. The number of nitrogens with one attached hydrogen (secondary N) is 3. The van der Waals surface area contributed by atoms with E-state index < -0.39 is 19.4 Å². The number of rotatable bonds is 5. The number of amides is 2. The first-order valence-corrected chi connectivity index (χ1v) is 10.6. The largest absolute Gasteiger partial charge is 0.368 e. The van der Waals surface area contributed by atoms with Crippen LogP contribution in [-0.4, -0.2) is 35.8 Å². The zero-order valence-corrected chi connectivity index (χ0v) is 18.2. The monoisotopic (exact) mass is 447 g/mol. The summed E-state index contributed by atoms with van der Waals surface area (Å²) in [6.45, 7) is -2.77. The lowest BCUT2D eigenvalue weighted by atomic mass is 9.97. The molecule has 8 nitrogen and oxygen atoms in total. The van der Waals surface area contributed by atoms with Gasteiger partial charge in [-0.1, -0.05) is 18.2 Å². The van der Waals surface area contributed by atoms with E-state index in [4.69, 9.17) is 6.85 Å². The molecule has 5 rings (SSSR count). The minimum atomic E-state index is -2.72. The molecule has 33 heavy (non-hydrogen) atoms. The van der Waals surface area contributed by atoms with Crippen molar-refractivity contribution in [2.45, 2.75) is 26.3 Å². The van der Waals surface area contributed by atoms with E-state index in [1.165, 1.54) is 17.2 Å². The number of benzene rings is 1. The maximum atomic E-state index is 12.9. The maximum Gasteiger partial charge on any atom is 0.254 e. The second kappa shape index (κ2) is 8.20. The van der Waals surface area contributed by atoms with Crippen molar-refractivity contribution in [1.82, 2.24) is 15.3 Å². The van der Waals surface area contributed by atoms with E-state index in [1.807, 2.05) is 18.3 Å². The van der Waals surface area contributed by atoms with Crippen LogP contribution in [0.1, 0.15) is 41.3 Å². The van der Waals surface area contributed by atoms with Crippen molar-refractivity contribution in [1.29, 1.82) is 0 Å². The van der Waals surface area contributed by atoms with Crippen LogP contribution in [-0.2, 0) is 11.3 Å². The summed E-state index contributed by atoms with van der Waals surface area (Å²) in [7, 11) is 1.63.